The fourth-order valence-corrected chi connectivity index (χ4v) is 2.16. The highest BCUT2D eigenvalue weighted by Crippen LogP contribution is 2.15. The van der Waals surface area contributed by atoms with Gasteiger partial charge >= 0.3 is 0 Å². The molecule has 0 aliphatic rings. The molecule has 0 radical (unpaired) electrons. The highest BCUT2D eigenvalue weighted by molar-refractivity contribution is 7.80. The molecule has 0 unspecified atom stereocenters. The number of carbonyl (C=O) groups excluding carboxylic acids is 1. The Bertz CT molecular complexity index is 695. The SMILES string of the molecule is CC(=O)c1cccc(NC(=S)Nc2ccc(C)c(C)c2)c1. The molecule has 21 heavy (non-hydrogen) atoms. The number of hydrogen-bond donors (Lipinski definition) is 2. The summed E-state index contributed by atoms with van der Waals surface area (Å²) in [4.78, 5) is 11.4. The lowest BCUT2D eigenvalue weighted by Crippen LogP contribution is -2.19. The number of hydrogen-bond acceptors (Lipinski definition) is 2. The summed E-state index contributed by atoms with van der Waals surface area (Å²) in [5.41, 5.74) is 4.85. The average molecular weight is 298 g/mol. The molecule has 0 amide bonds. The number of anilines is 2. The third kappa shape index (κ3) is 4.13. The van der Waals surface area contributed by atoms with Crippen molar-refractivity contribution in [3.05, 3.63) is 59.2 Å². The van der Waals surface area contributed by atoms with Gasteiger partial charge in [0.05, 0.1) is 0 Å². The second kappa shape index (κ2) is 6.50. The molecule has 0 saturated heterocycles. The second-order valence-electron chi connectivity index (χ2n) is 5.02. The number of thiocarbonyl (C=S) groups is 1. The molecule has 0 heterocycles. The van der Waals surface area contributed by atoms with Crippen molar-refractivity contribution in [3.8, 4) is 0 Å². The van der Waals surface area contributed by atoms with E-state index in [0.29, 0.717) is 10.7 Å². The quantitative estimate of drug-likeness (QED) is 0.654. The lowest BCUT2D eigenvalue weighted by Gasteiger charge is -2.12. The summed E-state index contributed by atoms with van der Waals surface area (Å²) in [5, 5.41) is 6.73. The van der Waals surface area contributed by atoms with Crippen LogP contribution in [0.1, 0.15) is 28.4 Å². The smallest absolute Gasteiger partial charge is 0.175 e. The predicted octanol–water partition coefficient (Wildman–Crippen LogP) is 4.31. The predicted molar refractivity (Wildman–Crippen MR) is 92.2 cm³/mol. The van der Waals surface area contributed by atoms with E-state index in [9.17, 15) is 4.79 Å². The maximum absolute atomic E-state index is 11.4. The number of benzene rings is 2. The minimum atomic E-state index is 0.0340. The molecule has 2 rings (SSSR count). The van der Waals surface area contributed by atoms with Gasteiger partial charge in [-0.25, -0.2) is 0 Å². The van der Waals surface area contributed by atoms with Gasteiger partial charge in [0.2, 0.25) is 0 Å². The maximum Gasteiger partial charge on any atom is 0.175 e. The number of nitrogens with one attached hydrogen (secondary N) is 2. The van der Waals surface area contributed by atoms with E-state index in [1.165, 1.54) is 11.1 Å². The van der Waals surface area contributed by atoms with E-state index in [4.69, 9.17) is 12.2 Å². The van der Waals surface area contributed by atoms with Gasteiger partial charge in [0.25, 0.3) is 0 Å². The first-order chi connectivity index (χ1) is 9.95. The van der Waals surface area contributed by atoms with Gasteiger partial charge < -0.3 is 10.6 Å². The van der Waals surface area contributed by atoms with Crippen LogP contribution in [-0.2, 0) is 0 Å². The second-order valence-corrected chi connectivity index (χ2v) is 5.42. The number of carbonyl (C=O) groups is 1. The minimum absolute atomic E-state index is 0.0340. The van der Waals surface area contributed by atoms with Crippen molar-refractivity contribution in [2.45, 2.75) is 20.8 Å². The van der Waals surface area contributed by atoms with Crippen LogP contribution in [0.2, 0.25) is 0 Å². The highest BCUT2D eigenvalue weighted by Gasteiger charge is 2.03. The lowest BCUT2D eigenvalue weighted by atomic mass is 10.1. The molecule has 0 aliphatic carbocycles. The molecule has 0 bridgehead atoms. The Balaban J connectivity index is 2.06. The van der Waals surface area contributed by atoms with Crippen molar-refractivity contribution in [1.82, 2.24) is 0 Å². The third-order valence-electron chi connectivity index (χ3n) is 3.29. The molecule has 2 aromatic rings. The summed E-state index contributed by atoms with van der Waals surface area (Å²) in [7, 11) is 0. The molecular formula is C17H18N2OS. The topological polar surface area (TPSA) is 41.1 Å². The van der Waals surface area contributed by atoms with Crippen LogP contribution in [0.3, 0.4) is 0 Å². The first-order valence-corrected chi connectivity index (χ1v) is 7.13. The van der Waals surface area contributed by atoms with E-state index in [1.54, 1.807) is 19.1 Å². The van der Waals surface area contributed by atoms with Crippen LogP contribution >= 0.6 is 12.2 Å². The van der Waals surface area contributed by atoms with Gasteiger partial charge in [-0.2, -0.15) is 0 Å². The van der Waals surface area contributed by atoms with E-state index in [0.717, 1.165) is 11.4 Å². The van der Waals surface area contributed by atoms with Gasteiger partial charge in [-0.1, -0.05) is 18.2 Å². The molecule has 4 heteroatoms. The van der Waals surface area contributed by atoms with Crippen LogP contribution in [0.15, 0.2) is 42.5 Å². The summed E-state index contributed by atoms with van der Waals surface area (Å²) in [6, 6.07) is 13.4. The van der Waals surface area contributed by atoms with Gasteiger partial charge in [-0.15, -0.1) is 0 Å². The van der Waals surface area contributed by atoms with Crippen molar-refractivity contribution in [3.63, 3.8) is 0 Å². The van der Waals surface area contributed by atoms with E-state index >= 15 is 0 Å². The van der Waals surface area contributed by atoms with Crippen molar-refractivity contribution >= 4 is 34.5 Å². The van der Waals surface area contributed by atoms with E-state index in [2.05, 4.69) is 36.6 Å². The third-order valence-corrected chi connectivity index (χ3v) is 3.50. The van der Waals surface area contributed by atoms with Crippen LogP contribution in [-0.4, -0.2) is 10.9 Å². The van der Waals surface area contributed by atoms with Crippen molar-refractivity contribution < 1.29 is 4.79 Å². The van der Waals surface area contributed by atoms with Crippen molar-refractivity contribution in [2.75, 3.05) is 10.6 Å². The molecule has 0 aromatic heterocycles. The Kier molecular flexibility index (Phi) is 4.70. The monoisotopic (exact) mass is 298 g/mol. The number of Topliss-reactive ketones (excluding diaryl/α,β-unsaturated/α-hetero) is 1. The van der Waals surface area contributed by atoms with E-state index in [-0.39, 0.29) is 5.78 Å². The van der Waals surface area contributed by atoms with Crippen LogP contribution in [0.25, 0.3) is 0 Å². The minimum Gasteiger partial charge on any atom is -0.332 e. The van der Waals surface area contributed by atoms with Gasteiger partial charge in [0.1, 0.15) is 0 Å². The molecule has 2 aromatic carbocycles. The first-order valence-electron chi connectivity index (χ1n) is 6.72. The Morgan fingerprint density at radius 1 is 0.952 bits per heavy atom. The zero-order valence-electron chi connectivity index (χ0n) is 12.4. The fraction of sp³-hybridized carbons (Fsp3) is 0.176. The molecule has 0 atom stereocenters. The molecule has 0 fully saturated rings. The Labute approximate surface area is 130 Å². The summed E-state index contributed by atoms with van der Waals surface area (Å²) in [5.74, 6) is 0.0340. The summed E-state index contributed by atoms with van der Waals surface area (Å²) in [6.45, 7) is 5.68. The Morgan fingerprint density at radius 3 is 2.24 bits per heavy atom. The highest BCUT2D eigenvalue weighted by atomic mass is 32.1. The average Bonchev–Trinajstić information content (AvgIpc) is 2.43. The maximum atomic E-state index is 11.4. The fourth-order valence-electron chi connectivity index (χ4n) is 1.93. The van der Waals surface area contributed by atoms with Crippen molar-refractivity contribution in [1.29, 1.82) is 0 Å². The molecule has 0 spiro atoms. The van der Waals surface area contributed by atoms with E-state index in [1.807, 2.05) is 18.2 Å². The van der Waals surface area contributed by atoms with Crippen LogP contribution in [0, 0.1) is 13.8 Å². The number of aryl methyl sites for hydroxylation is 2. The van der Waals surface area contributed by atoms with Crippen LogP contribution in [0.4, 0.5) is 11.4 Å². The lowest BCUT2D eigenvalue weighted by molar-refractivity contribution is 0.101. The van der Waals surface area contributed by atoms with Crippen LogP contribution in [0.5, 0.6) is 0 Å². The Hall–Kier alpha value is -2.20. The standard InChI is InChI=1S/C17H18N2OS/c1-11-7-8-16(9-12(11)2)19-17(21)18-15-6-4-5-14(10-15)13(3)20/h4-10H,1-3H3,(H2,18,19,21). The summed E-state index contributed by atoms with van der Waals surface area (Å²) >= 11 is 5.30. The summed E-state index contributed by atoms with van der Waals surface area (Å²) < 4.78 is 0. The van der Waals surface area contributed by atoms with Crippen LogP contribution < -0.4 is 10.6 Å². The zero-order chi connectivity index (χ0) is 15.4. The number of rotatable bonds is 3. The first kappa shape index (κ1) is 15.2. The molecule has 2 N–H and O–H groups in total. The summed E-state index contributed by atoms with van der Waals surface area (Å²) in [6.07, 6.45) is 0. The zero-order valence-corrected chi connectivity index (χ0v) is 13.2. The van der Waals surface area contributed by atoms with Gasteiger partial charge in [-0.05, 0) is 68.4 Å². The van der Waals surface area contributed by atoms with Gasteiger partial charge in [0.15, 0.2) is 10.9 Å². The number of ketones is 1. The molecule has 0 aliphatic heterocycles. The van der Waals surface area contributed by atoms with Gasteiger partial charge in [-0.3, -0.25) is 4.79 Å². The normalized spacial score (nSPS) is 10.0. The van der Waals surface area contributed by atoms with E-state index < -0.39 is 0 Å². The largest absolute Gasteiger partial charge is 0.332 e. The Morgan fingerprint density at radius 2 is 1.62 bits per heavy atom. The molecule has 108 valence electrons. The molecular weight excluding hydrogens is 280 g/mol. The molecule has 3 nitrogen and oxygen atoms in total. The van der Waals surface area contributed by atoms with Gasteiger partial charge in [0, 0.05) is 16.9 Å². The molecule has 0 saturated carbocycles. The van der Waals surface area contributed by atoms with Crippen molar-refractivity contribution in [2.24, 2.45) is 0 Å².